The first-order valence-corrected chi connectivity index (χ1v) is 8.28. The van der Waals surface area contributed by atoms with E-state index in [1.165, 1.54) is 7.11 Å². The number of alkyl carbamates (subject to hydrolysis) is 1. The van der Waals surface area contributed by atoms with Crippen LogP contribution in [0, 0.1) is 5.92 Å². The molecule has 1 heterocycles. The zero-order chi connectivity index (χ0) is 17.5. The average molecular weight is 334 g/mol. The van der Waals surface area contributed by atoms with Gasteiger partial charge in [-0.25, -0.2) is 4.79 Å². The summed E-state index contributed by atoms with van der Waals surface area (Å²) in [7, 11) is 1.40. The third kappa shape index (κ3) is 5.23. The second-order valence-electron chi connectivity index (χ2n) is 6.41. The van der Waals surface area contributed by atoms with Crippen molar-refractivity contribution in [3.8, 4) is 0 Å². The Morgan fingerprint density at radius 3 is 2.58 bits per heavy atom. The Kier molecular flexibility index (Phi) is 6.61. The molecule has 0 spiro atoms. The number of carbonyl (C=O) groups excluding carboxylic acids is 2. The highest BCUT2D eigenvalue weighted by Gasteiger charge is 2.34. The lowest BCUT2D eigenvalue weighted by Gasteiger charge is -2.38. The Bertz CT molecular complexity index is 547. The number of methoxy groups -OCH3 is 1. The molecule has 6 nitrogen and oxygen atoms in total. The molecule has 1 fully saturated rings. The van der Waals surface area contributed by atoms with Crippen molar-refractivity contribution in [1.82, 2.24) is 10.2 Å². The van der Waals surface area contributed by atoms with Crippen LogP contribution in [0.4, 0.5) is 4.79 Å². The third-order valence-electron chi connectivity index (χ3n) is 4.28. The molecule has 1 aromatic rings. The Morgan fingerprint density at radius 1 is 1.25 bits per heavy atom. The van der Waals surface area contributed by atoms with Crippen molar-refractivity contribution >= 4 is 12.1 Å². The summed E-state index contributed by atoms with van der Waals surface area (Å²) in [5.74, 6) is -0.463. The lowest BCUT2D eigenvalue weighted by Crippen LogP contribution is -2.54. The van der Waals surface area contributed by atoms with Crippen molar-refractivity contribution < 1.29 is 19.1 Å². The summed E-state index contributed by atoms with van der Waals surface area (Å²) in [6.07, 6.45) is 0.106. The van der Waals surface area contributed by atoms with Gasteiger partial charge in [-0.05, 0) is 25.8 Å². The van der Waals surface area contributed by atoms with Gasteiger partial charge >= 0.3 is 12.1 Å². The molecular weight excluding hydrogens is 308 g/mol. The molecule has 0 saturated carbocycles. The Morgan fingerprint density at radius 2 is 1.96 bits per heavy atom. The average Bonchev–Trinajstić information content (AvgIpc) is 2.59. The normalized spacial score (nSPS) is 21.3. The highest BCUT2D eigenvalue weighted by molar-refractivity contribution is 5.73. The van der Waals surface area contributed by atoms with Gasteiger partial charge in [0.15, 0.2) is 0 Å². The molecule has 1 aromatic carbocycles. The minimum atomic E-state index is -0.460. The van der Waals surface area contributed by atoms with Crippen molar-refractivity contribution in [1.29, 1.82) is 0 Å². The van der Waals surface area contributed by atoms with Gasteiger partial charge in [-0.2, -0.15) is 0 Å². The van der Waals surface area contributed by atoms with Gasteiger partial charge < -0.3 is 14.8 Å². The number of amides is 1. The van der Waals surface area contributed by atoms with Crippen LogP contribution < -0.4 is 5.32 Å². The molecule has 1 N–H and O–H groups in total. The summed E-state index contributed by atoms with van der Waals surface area (Å²) in [6, 6.07) is 9.69. The number of nitrogens with zero attached hydrogens (tertiary/aromatic N) is 1. The number of ether oxygens (including phenoxy) is 2. The second-order valence-corrected chi connectivity index (χ2v) is 6.41. The number of likely N-dealkylation sites (tertiary alicyclic amines) is 1. The molecule has 0 radical (unpaired) electrons. The van der Waals surface area contributed by atoms with E-state index >= 15 is 0 Å². The predicted molar refractivity (Wildman–Crippen MR) is 90.4 cm³/mol. The monoisotopic (exact) mass is 334 g/mol. The molecular formula is C18H26N2O4. The van der Waals surface area contributed by atoms with E-state index in [9.17, 15) is 9.59 Å². The summed E-state index contributed by atoms with van der Waals surface area (Å²) in [5, 5.41) is 2.87. The molecule has 2 atom stereocenters. The number of hydrogen-bond acceptors (Lipinski definition) is 5. The fraction of sp³-hybridized carbons (Fsp3) is 0.556. The summed E-state index contributed by atoms with van der Waals surface area (Å²) in [5.41, 5.74) is 0.938. The van der Waals surface area contributed by atoms with Gasteiger partial charge in [-0.15, -0.1) is 0 Å². The van der Waals surface area contributed by atoms with Crippen molar-refractivity contribution in [3.05, 3.63) is 35.9 Å². The van der Waals surface area contributed by atoms with Gasteiger partial charge in [0.1, 0.15) is 6.61 Å². The predicted octanol–water partition coefficient (Wildman–Crippen LogP) is 2.18. The van der Waals surface area contributed by atoms with Crippen molar-refractivity contribution in [2.75, 3.05) is 20.2 Å². The largest absolute Gasteiger partial charge is 0.469 e. The van der Waals surface area contributed by atoms with E-state index in [-0.39, 0.29) is 24.5 Å². The van der Waals surface area contributed by atoms with Crippen LogP contribution in [0.1, 0.15) is 25.8 Å². The summed E-state index contributed by atoms with van der Waals surface area (Å²) < 4.78 is 10.1. The number of esters is 1. The summed E-state index contributed by atoms with van der Waals surface area (Å²) in [6.45, 7) is 5.73. The van der Waals surface area contributed by atoms with Crippen LogP contribution in [0.2, 0.25) is 0 Å². The van der Waals surface area contributed by atoms with Crippen LogP contribution in [0.3, 0.4) is 0 Å². The maximum atomic E-state index is 12.0. The number of piperidine rings is 1. The minimum absolute atomic E-state index is 0.131. The number of benzene rings is 1. The number of nitrogens with one attached hydrogen (secondary N) is 1. The fourth-order valence-corrected chi connectivity index (χ4v) is 2.93. The van der Waals surface area contributed by atoms with E-state index in [1.807, 2.05) is 30.3 Å². The van der Waals surface area contributed by atoms with E-state index in [4.69, 9.17) is 9.47 Å². The van der Waals surface area contributed by atoms with Crippen LogP contribution in [-0.2, 0) is 20.9 Å². The van der Waals surface area contributed by atoms with Gasteiger partial charge in [0, 0.05) is 25.2 Å². The lowest BCUT2D eigenvalue weighted by molar-refractivity contribution is -0.148. The first-order valence-electron chi connectivity index (χ1n) is 8.28. The van der Waals surface area contributed by atoms with E-state index in [2.05, 4.69) is 24.1 Å². The highest BCUT2D eigenvalue weighted by Crippen LogP contribution is 2.20. The summed E-state index contributed by atoms with van der Waals surface area (Å²) >= 11 is 0. The minimum Gasteiger partial charge on any atom is -0.469 e. The second kappa shape index (κ2) is 8.68. The van der Waals surface area contributed by atoms with Crippen LogP contribution >= 0.6 is 0 Å². The Balaban J connectivity index is 1.89. The Labute approximate surface area is 143 Å². The van der Waals surface area contributed by atoms with Crippen LogP contribution in [0.25, 0.3) is 0 Å². The fourth-order valence-electron chi connectivity index (χ4n) is 2.93. The molecule has 1 aliphatic rings. The van der Waals surface area contributed by atoms with Crippen LogP contribution in [0.15, 0.2) is 30.3 Å². The number of carbonyl (C=O) groups is 2. The zero-order valence-corrected chi connectivity index (χ0v) is 14.5. The van der Waals surface area contributed by atoms with Gasteiger partial charge in [0.05, 0.1) is 13.0 Å². The SMILES string of the molecule is COC(=O)C1CC(NC(=O)OCc2ccccc2)CN(C(C)C)C1. The van der Waals surface area contributed by atoms with Crippen molar-refractivity contribution in [2.45, 2.75) is 39.0 Å². The van der Waals surface area contributed by atoms with Crippen LogP contribution in [0.5, 0.6) is 0 Å². The standard InChI is InChI=1S/C18H26N2O4/c1-13(2)20-10-15(17(21)23-3)9-16(11-20)19-18(22)24-12-14-7-5-4-6-8-14/h4-8,13,15-16H,9-12H2,1-3H3,(H,19,22). The van der Waals surface area contributed by atoms with Crippen molar-refractivity contribution in [2.24, 2.45) is 5.92 Å². The number of hydrogen-bond donors (Lipinski definition) is 1. The molecule has 1 aliphatic heterocycles. The first kappa shape index (κ1) is 18.3. The molecule has 0 bridgehead atoms. The smallest absolute Gasteiger partial charge is 0.407 e. The maximum absolute atomic E-state index is 12.0. The molecule has 24 heavy (non-hydrogen) atoms. The number of rotatable bonds is 5. The molecule has 6 heteroatoms. The van der Waals surface area contributed by atoms with Crippen molar-refractivity contribution in [3.63, 3.8) is 0 Å². The highest BCUT2D eigenvalue weighted by atomic mass is 16.5. The Hall–Kier alpha value is -2.08. The molecule has 1 saturated heterocycles. The maximum Gasteiger partial charge on any atom is 0.407 e. The van der Waals surface area contributed by atoms with E-state index in [0.29, 0.717) is 25.6 Å². The van der Waals surface area contributed by atoms with Gasteiger partial charge in [-0.1, -0.05) is 30.3 Å². The summed E-state index contributed by atoms with van der Waals surface area (Å²) in [4.78, 5) is 26.1. The zero-order valence-electron chi connectivity index (χ0n) is 14.5. The molecule has 2 unspecified atom stereocenters. The molecule has 2 rings (SSSR count). The lowest BCUT2D eigenvalue weighted by atomic mass is 9.93. The van der Waals surface area contributed by atoms with Gasteiger partial charge in [-0.3, -0.25) is 9.69 Å². The van der Waals surface area contributed by atoms with Crippen LogP contribution in [-0.4, -0.2) is 49.2 Å². The molecule has 0 aliphatic carbocycles. The van der Waals surface area contributed by atoms with Gasteiger partial charge in [0.25, 0.3) is 0 Å². The first-order chi connectivity index (χ1) is 11.5. The van der Waals surface area contributed by atoms with E-state index < -0.39 is 6.09 Å². The van der Waals surface area contributed by atoms with E-state index in [0.717, 1.165) is 5.56 Å². The third-order valence-corrected chi connectivity index (χ3v) is 4.28. The molecule has 132 valence electrons. The molecule has 0 aromatic heterocycles. The topological polar surface area (TPSA) is 67.9 Å². The quantitative estimate of drug-likeness (QED) is 0.836. The molecule has 1 amide bonds. The van der Waals surface area contributed by atoms with E-state index in [1.54, 1.807) is 0 Å². The van der Waals surface area contributed by atoms with Gasteiger partial charge in [0.2, 0.25) is 0 Å².